The zero-order valence-corrected chi connectivity index (χ0v) is 15.2. The molecule has 2 heterocycles. The molecular formula is C19H18O11. The van der Waals surface area contributed by atoms with E-state index in [4.69, 9.17) is 18.6 Å². The molecule has 0 spiro atoms. The van der Waals surface area contributed by atoms with Crippen LogP contribution in [0, 0.1) is 0 Å². The Bertz CT molecular complexity index is 982. The minimum Gasteiger partial charge on any atom is -0.504 e. The zero-order chi connectivity index (χ0) is 21.8. The van der Waals surface area contributed by atoms with E-state index in [1.165, 1.54) is 24.3 Å². The topological polar surface area (TPSA) is 176 Å². The first-order valence-corrected chi connectivity index (χ1v) is 8.60. The van der Waals surface area contributed by atoms with Crippen LogP contribution in [-0.4, -0.2) is 62.4 Å². The minimum atomic E-state index is -1.81. The van der Waals surface area contributed by atoms with Crippen molar-refractivity contribution in [2.75, 3.05) is 0 Å². The van der Waals surface area contributed by atoms with E-state index < -0.39 is 42.3 Å². The lowest BCUT2D eigenvalue weighted by Gasteiger charge is -2.39. The van der Waals surface area contributed by atoms with Crippen molar-refractivity contribution in [2.45, 2.75) is 30.9 Å². The maximum absolute atomic E-state index is 12.0. The van der Waals surface area contributed by atoms with E-state index in [1.54, 1.807) is 0 Å². The Hall–Kier alpha value is -3.38. The van der Waals surface area contributed by atoms with E-state index >= 15 is 0 Å². The summed E-state index contributed by atoms with van der Waals surface area (Å²) >= 11 is 0. The average Bonchev–Trinajstić information content (AvgIpc) is 2.72. The van der Waals surface area contributed by atoms with Crippen LogP contribution in [0.4, 0.5) is 0 Å². The molecule has 1 fully saturated rings. The fourth-order valence-corrected chi connectivity index (χ4v) is 2.53. The van der Waals surface area contributed by atoms with Crippen LogP contribution in [0.1, 0.15) is 5.56 Å². The molecule has 0 saturated carbocycles. The molecule has 5 atom stereocenters. The fourth-order valence-electron chi connectivity index (χ4n) is 2.53. The highest BCUT2D eigenvalue weighted by Gasteiger charge is 2.47. The number of carbonyl (C=O) groups is 1. The Balaban J connectivity index is 1.68. The Morgan fingerprint density at radius 3 is 2.43 bits per heavy atom. The van der Waals surface area contributed by atoms with E-state index in [0.717, 1.165) is 24.7 Å². The molecule has 11 nitrogen and oxygen atoms in total. The molecule has 0 bridgehead atoms. The summed E-state index contributed by atoms with van der Waals surface area (Å²) in [4.78, 5) is 23.7. The molecule has 1 aromatic carbocycles. The van der Waals surface area contributed by atoms with Crippen molar-refractivity contribution in [3.8, 4) is 17.2 Å². The van der Waals surface area contributed by atoms with Gasteiger partial charge in [-0.25, -0.2) is 4.79 Å². The van der Waals surface area contributed by atoms with Gasteiger partial charge in [-0.1, -0.05) is 6.07 Å². The molecule has 3 rings (SSSR count). The van der Waals surface area contributed by atoms with Gasteiger partial charge in [0.25, 0.3) is 0 Å². The number of benzene rings is 1. The molecule has 160 valence electrons. The highest BCUT2D eigenvalue weighted by molar-refractivity contribution is 5.87. The molecule has 2 aromatic rings. The van der Waals surface area contributed by atoms with Gasteiger partial charge >= 0.3 is 5.97 Å². The fraction of sp³-hybridized carbons (Fsp3) is 0.263. The third-order valence-corrected chi connectivity index (χ3v) is 4.13. The van der Waals surface area contributed by atoms with Gasteiger partial charge in [-0.3, -0.25) is 9.53 Å². The van der Waals surface area contributed by atoms with Crippen LogP contribution in [0.3, 0.4) is 0 Å². The molecule has 1 aliphatic heterocycles. The summed E-state index contributed by atoms with van der Waals surface area (Å²) in [7, 11) is 0. The van der Waals surface area contributed by atoms with Gasteiger partial charge in [-0.05, 0) is 23.8 Å². The van der Waals surface area contributed by atoms with E-state index in [-0.39, 0.29) is 17.2 Å². The van der Waals surface area contributed by atoms with E-state index in [9.17, 15) is 35.1 Å². The van der Waals surface area contributed by atoms with Gasteiger partial charge in [0.1, 0.15) is 24.6 Å². The van der Waals surface area contributed by atoms with Gasteiger partial charge in [0, 0.05) is 12.1 Å². The number of hydrogen-bond donors (Lipinski definition) is 5. The lowest BCUT2D eigenvalue weighted by molar-refractivity contribution is -0.323. The molecule has 0 radical (unpaired) electrons. The average molecular weight is 422 g/mol. The molecule has 11 heteroatoms. The number of carbonyl (C=O) groups excluding carboxylic acids is 1. The molecule has 0 amide bonds. The summed E-state index contributed by atoms with van der Waals surface area (Å²) in [5, 5.41) is 48.7. The molecule has 5 unspecified atom stereocenters. The first kappa shape index (κ1) is 21.3. The summed E-state index contributed by atoms with van der Waals surface area (Å²) in [5.41, 5.74) is -0.230. The van der Waals surface area contributed by atoms with Crippen molar-refractivity contribution < 1.29 is 49.0 Å². The first-order chi connectivity index (χ1) is 14.3. The lowest BCUT2D eigenvalue weighted by atomic mass is 10.0. The number of aliphatic hydroxyl groups is 3. The van der Waals surface area contributed by atoms with Crippen LogP contribution in [0.15, 0.2) is 52.1 Å². The van der Waals surface area contributed by atoms with Crippen molar-refractivity contribution in [2.24, 2.45) is 0 Å². The van der Waals surface area contributed by atoms with Crippen LogP contribution in [-0.2, 0) is 14.3 Å². The largest absolute Gasteiger partial charge is 0.504 e. The Morgan fingerprint density at radius 2 is 1.73 bits per heavy atom. The molecule has 30 heavy (non-hydrogen) atoms. The quantitative estimate of drug-likeness (QED) is 0.237. The SMILES string of the molecule is O=C(/C=C/c1ccc(O)c(O)c1)OC1OC(Oc2coccc2=O)C(O)C(O)C1O. The van der Waals surface area contributed by atoms with Crippen molar-refractivity contribution in [3.05, 3.63) is 58.7 Å². The number of phenolic OH excluding ortho intramolecular Hbond substituents is 2. The summed E-state index contributed by atoms with van der Waals surface area (Å²) < 4.78 is 20.1. The second-order valence-corrected chi connectivity index (χ2v) is 6.27. The number of aliphatic hydroxyl groups excluding tert-OH is 3. The second-order valence-electron chi connectivity index (χ2n) is 6.27. The van der Waals surface area contributed by atoms with Gasteiger partial charge < -0.3 is 39.4 Å². The zero-order valence-electron chi connectivity index (χ0n) is 15.2. The van der Waals surface area contributed by atoms with E-state index in [0.29, 0.717) is 5.56 Å². The van der Waals surface area contributed by atoms with Crippen LogP contribution >= 0.6 is 0 Å². The summed E-state index contributed by atoms with van der Waals surface area (Å²) in [6, 6.07) is 4.88. The smallest absolute Gasteiger partial charge is 0.333 e. The molecular weight excluding hydrogens is 404 g/mol. The molecule has 5 N–H and O–H groups in total. The summed E-state index contributed by atoms with van der Waals surface area (Å²) in [6.45, 7) is 0. The van der Waals surface area contributed by atoms with Crippen molar-refractivity contribution in [1.82, 2.24) is 0 Å². The normalized spacial score (nSPS) is 26.4. The lowest BCUT2D eigenvalue weighted by Crippen LogP contribution is -2.60. The number of aromatic hydroxyl groups is 2. The molecule has 1 aromatic heterocycles. The summed E-state index contributed by atoms with van der Waals surface area (Å²) in [5.74, 6) is -2.05. The Labute approximate surface area is 168 Å². The number of esters is 1. The van der Waals surface area contributed by atoms with E-state index in [2.05, 4.69) is 0 Å². The third-order valence-electron chi connectivity index (χ3n) is 4.13. The summed E-state index contributed by atoms with van der Waals surface area (Å²) in [6.07, 6.45) is -4.49. The van der Waals surface area contributed by atoms with Crippen molar-refractivity contribution >= 4 is 12.0 Å². The maximum atomic E-state index is 12.0. The number of rotatable bonds is 5. The van der Waals surface area contributed by atoms with Crippen molar-refractivity contribution in [1.29, 1.82) is 0 Å². The third kappa shape index (κ3) is 4.78. The molecule has 0 aliphatic carbocycles. The minimum absolute atomic E-state index is 0.331. The second kappa shape index (κ2) is 8.97. The maximum Gasteiger partial charge on any atom is 0.333 e. The van der Waals surface area contributed by atoms with Crippen LogP contribution < -0.4 is 10.2 Å². The van der Waals surface area contributed by atoms with Gasteiger partial charge in [0.05, 0.1) is 6.26 Å². The van der Waals surface area contributed by atoms with Gasteiger partial charge in [-0.15, -0.1) is 0 Å². The monoisotopic (exact) mass is 422 g/mol. The number of ether oxygens (including phenoxy) is 3. The van der Waals surface area contributed by atoms with Crippen LogP contribution in [0.2, 0.25) is 0 Å². The predicted octanol–water partition coefficient (Wildman–Crippen LogP) is -0.549. The Kier molecular flexibility index (Phi) is 6.37. The van der Waals surface area contributed by atoms with Gasteiger partial charge in [-0.2, -0.15) is 0 Å². The standard InChI is InChI=1S/C19H18O11/c20-10-3-1-9(7-12(10)22)2-4-14(23)29-19-17(26)15(24)16(25)18(30-19)28-13-8-27-6-5-11(13)21/h1-8,15-20,22,24-26H/b4-2+. The van der Waals surface area contributed by atoms with Crippen LogP contribution in [0.25, 0.3) is 6.08 Å². The molecule has 1 saturated heterocycles. The first-order valence-electron chi connectivity index (χ1n) is 8.60. The van der Waals surface area contributed by atoms with E-state index in [1.807, 2.05) is 0 Å². The van der Waals surface area contributed by atoms with Crippen LogP contribution in [0.5, 0.6) is 17.2 Å². The Morgan fingerprint density at radius 1 is 1.00 bits per heavy atom. The van der Waals surface area contributed by atoms with Crippen molar-refractivity contribution in [3.63, 3.8) is 0 Å². The van der Waals surface area contributed by atoms with Gasteiger partial charge in [0.2, 0.25) is 23.8 Å². The van der Waals surface area contributed by atoms with Gasteiger partial charge in [0.15, 0.2) is 11.5 Å². The number of hydrogen-bond acceptors (Lipinski definition) is 11. The molecule has 1 aliphatic rings. The highest BCUT2D eigenvalue weighted by Crippen LogP contribution is 2.26. The highest BCUT2D eigenvalue weighted by atomic mass is 16.8. The predicted molar refractivity (Wildman–Crippen MR) is 97.2 cm³/mol. The number of phenols is 2.